The van der Waals surface area contributed by atoms with Crippen molar-refractivity contribution >= 4 is 23.3 Å². The molecule has 1 aliphatic rings. The molecule has 0 unspecified atom stereocenters. The van der Waals surface area contributed by atoms with E-state index < -0.39 is 17.5 Å². The molecule has 0 spiro atoms. The lowest BCUT2D eigenvalue weighted by molar-refractivity contribution is -0.121. The first-order valence-electron chi connectivity index (χ1n) is 6.77. The van der Waals surface area contributed by atoms with E-state index in [1.165, 1.54) is 12.1 Å². The lowest BCUT2D eigenvalue weighted by Gasteiger charge is -2.17. The SMILES string of the molecule is Cc1cc(F)c2c(c1)C(=O)C(=O)N2CCC(=O)NC(C)C. The van der Waals surface area contributed by atoms with Crippen LogP contribution in [-0.2, 0) is 9.59 Å². The molecule has 6 heteroatoms. The van der Waals surface area contributed by atoms with Gasteiger partial charge in [0.2, 0.25) is 5.91 Å². The molecule has 5 nitrogen and oxygen atoms in total. The zero-order valence-electron chi connectivity index (χ0n) is 12.2. The average Bonchev–Trinajstić information content (AvgIpc) is 2.60. The molecular formula is C15H17FN2O3. The maximum Gasteiger partial charge on any atom is 0.299 e. The van der Waals surface area contributed by atoms with Crippen LogP contribution < -0.4 is 10.2 Å². The third-order valence-corrected chi connectivity index (χ3v) is 3.17. The molecule has 0 aromatic heterocycles. The van der Waals surface area contributed by atoms with Gasteiger partial charge in [-0.2, -0.15) is 0 Å². The number of fused-ring (bicyclic) bond motifs is 1. The van der Waals surface area contributed by atoms with Crippen LogP contribution in [0.4, 0.5) is 10.1 Å². The minimum absolute atomic E-state index is 0.0138. The van der Waals surface area contributed by atoms with Gasteiger partial charge in [0.1, 0.15) is 5.82 Å². The molecule has 0 radical (unpaired) electrons. The Bertz CT molecular complexity index is 626. The number of aryl methyl sites for hydroxylation is 1. The Balaban J connectivity index is 2.21. The van der Waals surface area contributed by atoms with Gasteiger partial charge in [0.25, 0.3) is 11.7 Å². The van der Waals surface area contributed by atoms with Gasteiger partial charge in [0.15, 0.2) is 0 Å². The summed E-state index contributed by atoms with van der Waals surface area (Å²) in [6, 6.07) is 2.75. The molecule has 0 atom stereocenters. The highest BCUT2D eigenvalue weighted by Gasteiger charge is 2.38. The number of halogens is 1. The van der Waals surface area contributed by atoms with E-state index in [4.69, 9.17) is 0 Å². The van der Waals surface area contributed by atoms with Gasteiger partial charge in [-0.3, -0.25) is 14.4 Å². The van der Waals surface area contributed by atoms with Crippen LogP contribution in [-0.4, -0.2) is 30.2 Å². The largest absolute Gasteiger partial charge is 0.354 e. The van der Waals surface area contributed by atoms with E-state index >= 15 is 0 Å². The third kappa shape index (κ3) is 2.94. The molecule has 0 aliphatic carbocycles. The number of Topliss-reactive ketones (excluding diaryl/α,β-unsaturated/α-hetero) is 1. The first-order valence-corrected chi connectivity index (χ1v) is 6.77. The highest BCUT2D eigenvalue weighted by molar-refractivity contribution is 6.52. The van der Waals surface area contributed by atoms with E-state index in [0.29, 0.717) is 5.56 Å². The third-order valence-electron chi connectivity index (χ3n) is 3.17. The maximum atomic E-state index is 14.0. The first kappa shape index (κ1) is 15.2. The van der Waals surface area contributed by atoms with Crippen molar-refractivity contribution in [3.63, 3.8) is 0 Å². The normalized spacial score (nSPS) is 13.9. The van der Waals surface area contributed by atoms with E-state index in [-0.39, 0.29) is 36.2 Å². The van der Waals surface area contributed by atoms with Crippen LogP contribution in [0.5, 0.6) is 0 Å². The Labute approximate surface area is 122 Å². The molecular weight excluding hydrogens is 275 g/mol. The number of benzene rings is 1. The highest BCUT2D eigenvalue weighted by atomic mass is 19.1. The van der Waals surface area contributed by atoms with Crippen molar-refractivity contribution in [2.24, 2.45) is 0 Å². The van der Waals surface area contributed by atoms with Crippen LogP contribution in [0.15, 0.2) is 12.1 Å². The van der Waals surface area contributed by atoms with Gasteiger partial charge in [-0.25, -0.2) is 4.39 Å². The summed E-state index contributed by atoms with van der Waals surface area (Å²) in [5.41, 5.74) is 0.626. The number of rotatable bonds is 4. The van der Waals surface area contributed by atoms with Gasteiger partial charge in [-0.15, -0.1) is 0 Å². The van der Waals surface area contributed by atoms with Crippen molar-refractivity contribution in [2.45, 2.75) is 33.2 Å². The molecule has 0 fully saturated rings. The Morgan fingerprint density at radius 3 is 2.62 bits per heavy atom. The van der Waals surface area contributed by atoms with Crippen molar-refractivity contribution in [2.75, 3.05) is 11.4 Å². The lowest BCUT2D eigenvalue weighted by atomic mass is 10.1. The van der Waals surface area contributed by atoms with Gasteiger partial charge in [0, 0.05) is 19.0 Å². The van der Waals surface area contributed by atoms with Crippen LogP contribution in [0.3, 0.4) is 0 Å². The highest BCUT2D eigenvalue weighted by Crippen LogP contribution is 2.32. The van der Waals surface area contributed by atoms with E-state index in [1.54, 1.807) is 6.92 Å². The van der Waals surface area contributed by atoms with E-state index in [9.17, 15) is 18.8 Å². The van der Waals surface area contributed by atoms with Gasteiger partial charge < -0.3 is 10.2 Å². The van der Waals surface area contributed by atoms with Gasteiger partial charge in [0.05, 0.1) is 11.3 Å². The average molecular weight is 292 g/mol. The lowest BCUT2D eigenvalue weighted by Crippen LogP contribution is -2.36. The van der Waals surface area contributed by atoms with Crippen LogP contribution >= 0.6 is 0 Å². The number of hydrogen-bond donors (Lipinski definition) is 1. The maximum absolute atomic E-state index is 14.0. The molecule has 1 aliphatic heterocycles. The quantitative estimate of drug-likeness (QED) is 0.857. The summed E-state index contributed by atoms with van der Waals surface area (Å²) in [6.07, 6.45) is 0.0178. The topological polar surface area (TPSA) is 66.5 Å². The number of nitrogens with one attached hydrogen (secondary N) is 1. The minimum Gasteiger partial charge on any atom is -0.354 e. The van der Waals surface area contributed by atoms with E-state index in [2.05, 4.69) is 5.32 Å². The molecule has 21 heavy (non-hydrogen) atoms. The van der Waals surface area contributed by atoms with Gasteiger partial charge in [-0.05, 0) is 38.5 Å². The number of ketones is 1. The monoisotopic (exact) mass is 292 g/mol. The zero-order valence-corrected chi connectivity index (χ0v) is 12.2. The number of anilines is 1. The number of amides is 2. The zero-order chi connectivity index (χ0) is 15.7. The molecule has 2 amide bonds. The summed E-state index contributed by atoms with van der Waals surface area (Å²) in [5.74, 6) is -2.37. The van der Waals surface area contributed by atoms with E-state index in [0.717, 1.165) is 4.90 Å². The molecule has 0 bridgehead atoms. The summed E-state index contributed by atoms with van der Waals surface area (Å²) >= 11 is 0. The van der Waals surface area contributed by atoms with Crippen molar-refractivity contribution < 1.29 is 18.8 Å². The second-order valence-corrected chi connectivity index (χ2v) is 5.40. The predicted octanol–water partition coefficient (Wildman–Crippen LogP) is 1.58. The van der Waals surface area contributed by atoms with Crippen LogP contribution in [0.25, 0.3) is 0 Å². The molecule has 1 heterocycles. The fraction of sp³-hybridized carbons (Fsp3) is 0.400. The van der Waals surface area contributed by atoms with Gasteiger partial charge >= 0.3 is 0 Å². The number of nitrogens with zero attached hydrogens (tertiary/aromatic N) is 1. The summed E-state index contributed by atoms with van der Waals surface area (Å²) in [6.45, 7) is 5.27. The fourth-order valence-electron chi connectivity index (χ4n) is 2.34. The summed E-state index contributed by atoms with van der Waals surface area (Å²) in [5, 5.41) is 2.68. The smallest absolute Gasteiger partial charge is 0.299 e. The number of carbonyl (C=O) groups excluding carboxylic acids is 3. The van der Waals surface area contributed by atoms with Crippen molar-refractivity contribution in [3.8, 4) is 0 Å². The van der Waals surface area contributed by atoms with Crippen molar-refractivity contribution in [1.82, 2.24) is 5.32 Å². The summed E-state index contributed by atoms with van der Waals surface area (Å²) < 4.78 is 14.0. The molecule has 1 aromatic rings. The molecule has 2 rings (SSSR count). The first-order chi connectivity index (χ1) is 9.81. The Hall–Kier alpha value is -2.24. The van der Waals surface area contributed by atoms with Crippen LogP contribution in [0.1, 0.15) is 36.2 Å². The predicted molar refractivity (Wildman–Crippen MR) is 75.7 cm³/mol. The standard InChI is InChI=1S/C15H17FN2O3/c1-8(2)17-12(19)4-5-18-13-10(14(20)15(18)21)6-9(3)7-11(13)16/h6-8H,4-5H2,1-3H3,(H,17,19). The Kier molecular flexibility index (Phi) is 4.06. The fourth-order valence-corrected chi connectivity index (χ4v) is 2.34. The van der Waals surface area contributed by atoms with Gasteiger partial charge in [-0.1, -0.05) is 0 Å². The molecule has 0 saturated carbocycles. The molecule has 112 valence electrons. The van der Waals surface area contributed by atoms with Crippen LogP contribution in [0, 0.1) is 12.7 Å². The summed E-state index contributed by atoms with van der Waals surface area (Å²) in [4.78, 5) is 36.5. The molecule has 1 N–H and O–H groups in total. The number of hydrogen-bond acceptors (Lipinski definition) is 3. The van der Waals surface area contributed by atoms with Crippen LogP contribution in [0.2, 0.25) is 0 Å². The van der Waals surface area contributed by atoms with Crippen molar-refractivity contribution in [1.29, 1.82) is 0 Å². The van der Waals surface area contributed by atoms with Crippen molar-refractivity contribution in [3.05, 3.63) is 29.1 Å². The summed E-state index contributed by atoms with van der Waals surface area (Å²) in [7, 11) is 0. The molecule has 0 saturated heterocycles. The molecule has 1 aromatic carbocycles. The number of carbonyl (C=O) groups is 3. The minimum atomic E-state index is -0.785. The van der Waals surface area contributed by atoms with E-state index in [1.807, 2.05) is 13.8 Å². The Morgan fingerprint density at radius 1 is 1.33 bits per heavy atom. The Morgan fingerprint density at radius 2 is 2.00 bits per heavy atom. The second kappa shape index (κ2) is 5.63. The second-order valence-electron chi connectivity index (χ2n) is 5.40.